The van der Waals surface area contributed by atoms with Crippen molar-refractivity contribution in [2.45, 2.75) is 6.92 Å². The molecule has 0 bridgehead atoms. The van der Waals surface area contributed by atoms with Gasteiger partial charge in [0, 0.05) is 18.0 Å². The first-order valence-corrected chi connectivity index (χ1v) is 6.07. The van der Waals surface area contributed by atoms with Gasteiger partial charge in [0.2, 0.25) is 0 Å². The zero-order chi connectivity index (χ0) is 13.0. The van der Waals surface area contributed by atoms with Gasteiger partial charge < -0.3 is 5.32 Å². The van der Waals surface area contributed by atoms with Crippen molar-refractivity contribution in [3.05, 3.63) is 35.1 Å². The van der Waals surface area contributed by atoms with E-state index in [1.165, 1.54) is 11.3 Å². The van der Waals surface area contributed by atoms with Crippen LogP contribution in [0, 0.1) is 18.3 Å². The third-order valence-corrected chi connectivity index (χ3v) is 3.44. The molecule has 2 aromatic heterocycles. The van der Waals surface area contributed by atoms with Gasteiger partial charge in [0.1, 0.15) is 16.4 Å². The Bertz CT molecular complexity index is 600. The number of nitrogens with one attached hydrogen (secondary N) is 1. The van der Waals surface area contributed by atoms with Crippen molar-refractivity contribution < 1.29 is 4.79 Å². The minimum atomic E-state index is -0.262. The minimum Gasteiger partial charge on any atom is -0.338 e. The van der Waals surface area contributed by atoms with Gasteiger partial charge >= 0.3 is 0 Å². The molecule has 0 saturated heterocycles. The van der Waals surface area contributed by atoms with Crippen molar-refractivity contribution >= 4 is 17.2 Å². The number of hydrogen-bond donors (Lipinski definition) is 1. The molecule has 0 aliphatic carbocycles. The highest BCUT2D eigenvalue weighted by Crippen LogP contribution is 2.27. The first-order valence-electron chi connectivity index (χ1n) is 5.25. The predicted molar refractivity (Wildman–Crippen MR) is 68.0 cm³/mol. The van der Waals surface area contributed by atoms with Crippen LogP contribution in [0.1, 0.15) is 15.4 Å². The van der Waals surface area contributed by atoms with Crippen LogP contribution in [0.5, 0.6) is 0 Å². The van der Waals surface area contributed by atoms with Crippen molar-refractivity contribution in [3.8, 4) is 16.6 Å². The number of amides is 1. The van der Waals surface area contributed by atoms with Gasteiger partial charge in [-0.15, -0.1) is 11.3 Å². The average molecular weight is 258 g/mol. The quantitative estimate of drug-likeness (QED) is 0.851. The molecule has 5 nitrogen and oxygen atoms in total. The Labute approximate surface area is 108 Å². The molecule has 0 aliphatic rings. The van der Waals surface area contributed by atoms with Crippen LogP contribution in [0.2, 0.25) is 0 Å². The lowest BCUT2D eigenvalue weighted by atomic mass is 10.3. The van der Waals surface area contributed by atoms with E-state index >= 15 is 0 Å². The van der Waals surface area contributed by atoms with E-state index in [2.05, 4.69) is 15.3 Å². The maximum Gasteiger partial charge on any atom is 0.264 e. The van der Waals surface area contributed by atoms with E-state index in [1.807, 2.05) is 18.2 Å². The predicted octanol–water partition coefficient (Wildman–Crippen LogP) is 1.77. The van der Waals surface area contributed by atoms with Gasteiger partial charge in [-0.05, 0) is 19.1 Å². The molecule has 18 heavy (non-hydrogen) atoms. The first kappa shape index (κ1) is 12.2. The van der Waals surface area contributed by atoms with Crippen LogP contribution >= 0.6 is 11.3 Å². The summed E-state index contributed by atoms with van der Waals surface area (Å²) in [4.78, 5) is 20.7. The molecule has 2 rings (SSSR count). The normalized spacial score (nSPS) is 9.78. The molecule has 1 amide bonds. The summed E-state index contributed by atoms with van der Waals surface area (Å²) in [6, 6.07) is 5.58. The standard InChI is InChI=1S/C12H10N4OS/c1-8-10(11(17)15-6-4-13)18-12(16-8)9-3-2-5-14-7-9/h2-3,5,7H,6H2,1H3,(H,15,17). The van der Waals surface area contributed by atoms with Crippen LogP contribution in [0.15, 0.2) is 24.5 Å². The van der Waals surface area contributed by atoms with Gasteiger partial charge in [-0.3, -0.25) is 9.78 Å². The Kier molecular flexibility index (Phi) is 3.65. The fourth-order valence-corrected chi connectivity index (χ4v) is 2.39. The van der Waals surface area contributed by atoms with E-state index in [4.69, 9.17) is 5.26 Å². The van der Waals surface area contributed by atoms with Gasteiger partial charge in [-0.1, -0.05) is 0 Å². The Morgan fingerprint density at radius 2 is 2.44 bits per heavy atom. The molecule has 0 spiro atoms. The maximum absolute atomic E-state index is 11.8. The van der Waals surface area contributed by atoms with Gasteiger partial charge in [0.05, 0.1) is 11.8 Å². The summed E-state index contributed by atoms with van der Waals surface area (Å²) in [7, 11) is 0. The molecule has 2 heterocycles. The molecular weight excluding hydrogens is 248 g/mol. The molecule has 6 heteroatoms. The van der Waals surface area contributed by atoms with Gasteiger partial charge in [0.25, 0.3) is 5.91 Å². The second-order valence-electron chi connectivity index (χ2n) is 3.52. The van der Waals surface area contributed by atoms with Crippen LogP contribution in [0.3, 0.4) is 0 Å². The van der Waals surface area contributed by atoms with Gasteiger partial charge in [0.15, 0.2) is 0 Å². The number of carbonyl (C=O) groups excluding carboxylic acids is 1. The van der Waals surface area contributed by atoms with Crippen molar-refractivity contribution in [2.75, 3.05) is 6.54 Å². The van der Waals surface area contributed by atoms with E-state index in [0.717, 1.165) is 10.6 Å². The van der Waals surface area contributed by atoms with E-state index in [-0.39, 0.29) is 12.5 Å². The lowest BCUT2D eigenvalue weighted by Crippen LogP contribution is -2.23. The number of rotatable bonds is 3. The van der Waals surface area contributed by atoms with Crippen molar-refractivity contribution in [1.82, 2.24) is 15.3 Å². The molecule has 0 fully saturated rings. The zero-order valence-corrected chi connectivity index (χ0v) is 10.5. The summed E-state index contributed by atoms with van der Waals surface area (Å²) in [5, 5.41) is 11.7. The monoisotopic (exact) mass is 258 g/mol. The number of carbonyl (C=O) groups is 1. The van der Waals surface area contributed by atoms with Crippen LogP contribution in [0.25, 0.3) is 10.6 Å². The van der Waals surface area contributed by atoms with Crippen molar-refractivity contribution in [3.63, 3.8) is 0 Å². The minimum absolute atomic E-state index is 0.00159. The summed E-state index contributed by atoms with van der Waals surface area (Å²) in [6.07, 6.45) is 3.39. The fraction of sp³-hybridized carbons (Fsp3) is 0.167. The Hall–Kier alpha value is -2.26. The Morgan fingerprint density at radius 3 is 3.11 bits per heavy atom. The SMILES string of the molecule is Cc1nc(-c2cccnc2)sc1C(=O)NCC#N. The van der Waals surface area contributed by atoms with Crippen molar-refractivity contribution in [2.24, 2.45) is 0 Å². The molecule has 0 aliphatic heterocycles. The van der Waals surface area contributed by atoms with E-state index in [1.54, 1.807) is 19.3 Å². The van der Waals surface area contributed by atoms with Crippen LogP contribution in [0.4, 0.5) is 0 Å². The second-order valence-corrected chi connectivity index (χ2v) is 4.52. The summed E-state index contributed by atoms with van der Waals surface area (Å²) in [5.74, 6) is -0.262. The number of hydrogen-bond acceptors (Lipinski definition) is 5. The Balaban J connectivity index is 2.28. The molecule has 1 N–H and O–H groups in total. The van der Waals surface area contributed by atoms with Crippen LogP contribution in [-0.2, 0) is 0 Å². The third kappa shape index (κ3) is 2.52. The number of aryl methyl sites for hydroxylation is 1. The number of nitriles is 1. The summed E-state index contributed by atoms with van der Waals surface area (Å²) < 4.78 is 0. The number of nitrogens with zero attached hydrogens (tertiary/aromatic N) is 3. The summed E-state index contributed by atoms with van der Waals surface area (Å²) >= 11 is 1.30. The smallest absolute Gasteiger partial charge is 0.264 e. The van der Waals surface area contributed by atoms with Gasteiger partial charge in [-0.25, -0.2) is 4.98 Å². The molecule has 0 atom stereocenters. The number of thiazole rings is 1. The fourth-order valence-electron chi connectivity index (χ4n) is 1.42. The lowest BCUT2D eigenvalue weighted by Gasteiger charge is -1.96. The maximum atomic E-state index is 11.8. The van der Waals surface area contributed by atoms with E-state index in [0.29, 0.717) is 10.6 Å². The first-order chi connectivity index (χ1) is 8.72. The third-order valence-electron chi connectivity index (χ3n) is 2.24. The lowest BCUT2D eigenvalue weighted by molar-refractivity contribution is 0.0961. The summed E-state index contributed by atoms with van der Waals surface area (Å²) in [6.45, 7) is 1.77. The highest BCUT2D eigenvalue weighted by molar-refractivity contribution is 7.17. The molecule has 0 aromatic carbocycles. The van der Waals surface area contributed by atoms with Crippen molar-refractivity contribution in [1.29, 1.82) is 5.26 Å². The largest absolute Gasteiger partial charge is 0.338 e. The highest BCUT2D eigenvalue weighted by Gasteiger charge is 2.15. The van der Waals surface area contributed by atoms with Crippen LogP contribution in [-0.4, -0.2) is 22.4 Å². The molecule has 0 unspecified atom stereocenters. The second kappa shape index (κ2) is 5.38. The number of pyridine rings is 1. The van der Waals surface area contributed by atoms with E-state index < -0.39 is 0 Å². The van der Waals surface area contributed by atoms with Gasteiger partial charge in [-0.2, -0.15) is 5.26 Å². The number of aromatic nitrogens is 2. The molecule has 90 valence electrons. The molecule has 0 radical (unpaired) electrons. The molecule has 2 aromatic rings. The zero-order valence-electron chi connectivity index (χ0n) is 9.67. The molecule has 0 saturated carbocycles. The molecular formula is C12H10N4OS. The Morgan fingerprint density at radius 1 is 1.61 bits per heavy atom. The average Bonchev–Trinajstić information content (AvgIpc) is 2.79. The highest BCUT2D eigenvalue weighted by atomic mass is 32.1. The van der Waals surface area contributed by atoms with Crippen LogP contribution < -0.4 is 5.32 Å². The summed E-state index contributed by atoms with van der Waals surface area (Å²) in [5.41, 5.74) is 1.54. The van der Waals surface area contributed by atoms with E-state index in [9.17, 15) is 4.79 Å². The topological polar surface area (TPSA) is 78.7 Å².